The molecule has 35 heavy (non-hydrogen) atoms. The van der Waals surface area contributed by atoms with Crippen molar-refractivity contribution in [3.8, 4) is 11.4 Å². The van der Waals surface area contributed by atoms with Gasteiger partial charge in [-0.05, 0) is 30.5 Å². The van der Waals surface area contributed by atoms with Gasteiger partial charge in [-0.1, -0.05) is 60.2 Å². The number of rotatable bonds is 9. The Balaban J connectivity index is 1.32. The molecule has 5 rings (SSSR count). The Bertz CT molecular complexity index is 1330. The summed E-state index contributed by atoms with van der Waals surface area (Å²) in [6.45, 7) is 7.08. The Hall–Kier alpha value is -3.01. The first-order valence-electron chi connectivity index (χ1n) is 12.1. The van der Waals surface area contributed by atoms with Gasteiger partial charge in [0.1, 0.15) is 0 Å². The van der Waals surface area contributed by atoms with Crippen LogP contribution in [-0.2, 0) is 23.5 Å². The minimum atomic E-state index is -0.0118. The van der Waals surface area contributed by atoms with Crippen LogP contribution in [0.1, 0.15) is 24.8 Å². The molecular formula is C26H29N5O3S. The molecule has 8 nitrogen and oxygen atoms in total. The molecule has 0 N–H and O–H groups in total. The number of aromatic nitrogens is 4. The zero-order valence-corrected chi connectivity index (χ0v) is 20.7. The Morgan fingerprint density at radius 2 is 1.80 bits per heavy atom. The second kappa shape index (κ2) is 11.2. The minimum Gasteiger partial charge on any atom is -0.379 e. The third kappa shape index (κ3) is 5.63. The molecule has 1 saturated heterocycles. The number of hydrogen-bond acceptors (Lipinski definition) is 8. The Kier molecular flexibility index (Phi) is 7.56. The number of aryl methyl sites for hydroxylation is 1. The SMILES string of the molecule is CCc1ccc(-c2noc(CSc3nc4ccccc4c(=O)n3CCCN3CCOCC3)n2)cc1. The molecule has 4 aromatic rings. The van der Waals surface area contributed by atoms with Gasteiger partial charge >= 0.3 is 0 Å². The molecule has 0 spiro atoms. The van der Waals surface area contributed by atoms with Gasteiger partial charge in [0.2, 0.25) is 11.7 Å². The third-order valence-electron chi connectivity index (χ3n) is 6.20. The molecule has 0 atom stereocenters. The van der Waals surface area contributed by atoms with E-state index in [1.165, 1.54) is 17.3 Å². The topological polar surface area (TPSA) is 86.3 Å². The monoisotopic (exact) mass is 491 g/mol. The zero-order chi connectivity index (χ0) is 24.0. The van der Waals surface area contributed by atoms with Gasteiger partial charge in [0, 0.05) is 31.7 Å². The highest BCUT2D eigenvalue weighted by Crippen LogP contribution is 2.24. The lowest BCUT2D eigenvalue weighted by Gasteiger charge is -2.26. The van der Waals surface area contributed by atoms with Crippen LogP contribution in [0.3, 0.4) is 0 Å². The molecular weight excluding hydrogens is 462 g/mol. The fourth-order valence-corrected chi connectivity index (χ4v) is 5.04. The first-order valence-corrected chi connectivity index (χ1v) is 13.0. The lowest BCUT2D eigenvalue weighted by Crippen LogP contribution is -2.37. The summed E-state index contributed by atoms with van der Waals surface area (Å²) in [5, 5.41) is 5.45. The van der Waals surface area contributed by atoms with Crippen molar-refractivity contribution < 1.29 is 9.26 Å². The largest absolute Gasteiger partial charge is 0.379 e. The quantitative estimate of drug-likeness (QED) is 0.256. The summed E-state index contributed by atoms with van der Waals surface area (Å²) in [6, 6.07) is 15.7. The van der Waals surface area contributed by atoms with Gasteiger partial charge in [-0.25, -0.2) is 4.98 Å². The van der Waals surface area contributed by atoms with E-state index in [0.717, 1.165) is 51.3 Å². The maximum absolute atomic E-state index is 13.3. The minimum absolute atomic E-state index is 0.0118. The predicted octanol–water partition coefficient (Wildman–Crippen LogP) is 4.02. The van der Waals surface area contributed by atoms with Crippen molar-refractivity contribution in [1.29, 1.82) is 0 Å². The third-order valence-corrected chi connectivity index (χ3v) is 7.16. The normalized spacial score (nSPS) is 14.5. The first kappa shape index (κ1) is 23.7. The highest BCUT2D eigenvalue weighted by Gasteiger charge is 2.16. The Morgan fingerprint density at radius 1 is 1.00 bits per heavy atom. The molecule has 0 unspecified atom stereocenters. The van der Waals surface area contributed by atoms with Gasteiger partial charge in [-0.2, -0.15) is 4.98 Å². The fraction of sp³-hybridized carbons (Fsp3) is 0.385. The van der Waals surface area contributed by atoms with Crippen LogP contribution in [0.2, 0.25) is 0 Å². The number of nitrogens with zero attached hydrogens (tertiary/aromatic N) is 5. The summed E-state index contributed by atoms with van der Waals surface area (Å²) >= 11 is 1.45. The summed E-state index contributed by atoms with van der Waals surface area (Å²) in [7, 11) is 0. The van der Waals surface area contributed by atoms with Crippen molar-refractivity contribution in [1.82, 2.24) is 24.6 Å². The van der Waals surface area contributed by atoms with E-state index in [4.69, 9.17) is 14.2 Å². The molecule has 182 valence electrons. The summed E-state index contributed by atoms with van der Waals surface area (Å²) in [5.74, 6) is 1.51. The summed E-state index contributed by atoms with van der Waals surface area (Å²) in [5.41, 5.74) is 2.88. The van der Waals surface area contributed by atoms with E-state index in [1.54, 1.807) is 4.57 Å². The number of hydrogen-bond donors (Lipinski definition) is 0. The van der Waals surface area contributed by atoms with Crippen molar-refractivity contribution in [3.63, 3.8) is 0 Å². The number of ether oxygens (including phenoxy) is 1. The van der Waals surface area contributed by atoms with Crippen LogP contribution >= 0.6 is 11.8 Å². The van der Waals surface area contributed by atoms with E-state index >= 15 is 0 Å². The van der Waals surface area contributed by atoms with Crippen LogP contribution in [0.4, 0.5) is 0 Å². The summed E-state index contributed by atoms with van der Waals surface area (Å²) in [4.78, 5) is 25.0. The van der Waals surface area contributed by atoms with Gasteiger partial charge in [-0.3, -0.25) is 14.3 Å². The molecule has 0 amide bonds. The van der Waals surface area contributed by atoms with E-state index in [9.17, 15) is 4.79 Å². The molecule has 3 heterocycles. The molecule has 1 aliphatic rings. The number of fused-ring (bicyclic) bond motifs is 1. The highest BCUT2D eigenvalue weighted by atomic mass is 32.2. The Morgan fingerprint density at radius 3 is 2.60 bits per heavy atom. The van der Waals surface area contributed by atoms with Gasteiger partial charge in [0.25, 0.3) is 5.56 Å². The van der Waals surface area contributed by atoms with E-state index < -0.39 is 0 Å². The van der Waals surface area contributed by atoms with Gasteiger partial charge in [0.15, 0.2) is 5.16 Å². The van der Waals surface area contributed by atoms with Crippen LogP contribution in [0.15, 0.2) is 63.0 Å². The average Bonchev–Trinajstić information content (AvgIpc) is 3.39. The summed E-state index contributed by atoms with van der Waals surface area (Å²) in [6.07, 6.45) is 1.85. The van der Waals surface area contributed by atoms with Crippen molar-refractivity contribution in [3.05, 3.63) is 70.3 Å². The van der Waals surface area contributed by atoms with E-state index in [2.05, 4.69) is 34.1 Å². The lowest BCUT2D eigenvalue weighted by molar-refractivity contribution is 0.0368. The van der Waals surface area contributed by atoms with Crippen molar-refractivity contribution in [2.45, 2.75) is 37.2 Å². The van der Waals surface area contributed by atoms with Crippen molar-refractivity contribution in [2.24, 2.45) is 0 Å². The number of thioether (sulfide) groups is 1. The maximum atomic E-state index is 13.3. The number of morpholine rings is 1. The average molecular weight is 492 g/mol. The fourth-order valence-electron chi connectivity index (χ4n) is 4.18. The van der Waals surface area contributed by atoms with Gasteiger partial charge in [0.05, 0.1) is 29.9 Å². The lowest BCUT2D eigenvalue weighted by atomic mass is 10.1. The molecule has 2 aromatic heterocycles. The standard InChI is InChI=1S/C26H29N5O3S/c1-2-19-8-10-20(11-9-19)24-28-23(34-29-24)18-35-26-27-22-7-4-3-6-21(22)25(32)31(26)13-5-12-30-14-16-33-17-15-30/h3-4,6-11H,2,5,12-18H2,1H3. The Labute approximate surface area is 208 Å². The number of benzene rings is 2. The molecule has 1 fully saturated rings. The van der Waals surface area contributed by atoms with Crippen LogP contribution < -0.4 is 5.56 Å². The van der Waals surface area contributed by atoms with Crippen LogP contribution in [0.25, 0.3) is 22.3 Å². The second-order valence-electron chi connectivity index (χ2n) is 8.53. The van der Waals surface area contributed by atoms with E-state index in [0.29, 0.717) is 40.1 Å². The van der Waals surface area contributed by atoms with Crippen molar-refractivity contribution in [2.75, 3.05) is 32.8 Å². The number of para-hydroxylation sites is 1. The first-order chi connectivity index (χ1) is 17.2. The van der Waals surface area contributed by atoms with Crippen molar-refractivity contribution >= 4 is 22.7 Å². The molecule has 0 radical (unpaired) electrons. The molecule has 0 bridgehead atoms. The van der Waals surface area contributed by atoms with Crippen LogP contribution in [0.5, 0.6) is 0 Å². The zero-order valence-electron chi connectivity index (χ0n) is 19.9. The smallest absolute Gasteiger partial charge is 0.262 e. The molecule has 0 aliphatic carbocycles. The van der Waals surface area contributed by atoms with E-state index in [1.807, 2.05) is 36.4 Å². The molecule has 0 saturated carbocycles. The van der Waals surface area contributed by atoms with Crippen LogP contribution in [0, 0.1) is 0 Å². The highest BCUT2D eigenvalue weighted by molar-refractivity contribution is 7.98. The van der Waals surface area contributed by atoms with Gasteiger partial charge < -0.3 is 9.26 Å². The molecule has 2 aromatic carbocycles. The maximum Gasteiger partial charge on any atom is 0.262 e. The predicted molar refractivity (Wildman–Crippen MR) is 137 cm³/mol. The second-order valence-corrected chi connectivity index (χ2v) is 9.47. The van der Waals surface area contributed by atoms with Crippen LogP contribution in [-0.4, -0.2) is 57.4 Å². The van der Waals surface area contributed by atoms with E-state index in [-0.39, 0.29) is 5.56 Å². The van der Waals surface area contributed by atoms with Gasteiger partial charge in [-0.15, -0.1) is 0 Å². The molecule has 1 aliphatic heterocycles. The summed E-state index contributed by atoms with van der Waals surface area (Å²) < 4.78 is 12.7. The molecule has 9 heteroatoms.